The van der Waals surface area contributed by atoms with E-state index in [1.54, 1.807) is 7.05 Å². The van der Waals surface area contributed by atoms with Gasteiger partial charge in [0.1, 0.15) is 0 Å². The third-order valence-corrected chi connectivity index (χ3v) is 4.55. The van der Waals surface area contributed by atoms with Crippen molar-refractivity contribution >= 4 is 21.9 Å². The van der Waals surface area contributed by atoms with Crippen LogP contribution in [0.25, 0.3) is 0 Å². The van der Waals surface area contributed by atoms with Crippen LogP contribution in [0.1, 0.15) is 6.42 Å². The fourth-order valence-electron chi connectivity index (χ4n) is 2.06. The molecule has 1 aromatic heterocycles. The third-order valence-electron chi connectivity index (χ3n) is 3.26. The Labute approximate surface area is 121 Å². The van der Waals surface area contributed by atoms with E-state index < -0.39 is 34.4 Å². The molecule has 2 N–H and O–H groups in total. The van der Waals surface area contributed by atoms with Crippen molar-refractivity contribution in [2.75, 3.05) is 19.6 Å². The van der Waals surface area contributed by atoms with Gasteiger partial charge in [-0.2, -0.15) is 0 Å². The molecule has 0 radical (unpaired) electrons. The van der Waals surface area contributed by atoms with E-state index in [2.05, 4.69) is 9.71 Å². The van der Waals surface area contributed by atoms with Crippen LogP contribution in [0.2, 0.25) is 0 Å². The number of likely N-dealkylation sites (tertiary alicyclic amines) is 1. The lowest BCUT2D eigenvalue weighted by Gasteiger charge is -2.15. The number of carbonyl (C=O) groups is 2. The van der Waals surface area contributed by atoms with Crippen LogP contribution in [0.15, 0.2) is 17.6 Å². The van der Waals surface area contributed by atoms with Gasteiger partial charge < -0.3 is 14.6 Å². The van der Waals surface area contributed by atoms with Gasteiger partial charge in [0.25, 0.3) is 10.0 Å². The normalized spacial score (nSPS) is 18.9. The van der Waals surface area contributed by atoms with Crippen LogP contribution in [0.3, 0.4) is 0 Å². The average molecular weight is 316 g/mol. The lowest BCUT2D eigenvalue weighted by molar-refractivity contribution is -0.141. The van der Waals surface area contributed by atoms with E-state index in [-0.39, 0.29) is 11.6 Å². The molecular weight excluding hydrogens is 300 g/mol. The summed E-state index contributed by atoms with van der Waals surface area (Å²) in [4.78, 5) is 27.7. The van der Waals surface area contributed by atoms with Crippen LogP contribution in [0.4, 0.5) is 0 Å². The monoisotopic (exact) mass is 316 g/mol. The molecule has 9 nitrogen and oxygen atoms in total. The molecule has 10 heteroatoms. The Hall–Kier alpha value is -1.94. The standard InChI is InChI=1S/C11H16N4O5S/c1-14-6-9(12-7-14)21(19,20)13-4-10(16)15-3-2-8(5-15)11(17)18/h6-8,13H,2-5H2,1H3,(H,17,18). The second-order valence-corrected chi connectivity index (χ2v) is 6.58. The van der Waals surface area contributed by atoms with Gasteiger partial charge in [-0.1, -0.05) is 0 Å². The number of carbonyl (C=O) groups excluding carboxylic acids is 1. The van der Waals surface area contributed by atoms with Gasteiger partial charge in [-0.15, -0.1) is 0 Å². The predicted molar refractivity (Wildman–Crippen MR) is 70.7 cm³/mol. The second-order valence-electron chi connectivity index (χ2n) is 4.87. The largest absolute Gasteiger partial charge is 0.481 e. The van der Waals surface area contributed by atoms with Gasteiger partial charge in [0.05, 0.1) is 18.8 Å². The first-order valence-corrected chi connectivity index (χ1v) is 7.76. The van der Waals surface area contributed by atoms with Crippen LogP contribution in [0, 0.1) is 5.92 Å². The lowest BCUT2D eigenvalue weighted by atomic mass is 10.1. The summed E-state index contributed by atoms with van der Waals surface area (Å²) >= 11 is 0. The van der Waals surface area contributed by atoms with E-state index >= 15 is 0 Å². The Balaban J connectivity index is 1.91. The van der Waals surface area contributed by atoms with Crippen molar-refractivity contribution in [3.63, 3.8) is 0 Å². The van der Waals surface area contributed by atoms with E-state index in [0.29, 0.717) is 13.0 Å². The smallest absolute Gasteiger partial charge is 0.308 e. The van der Waals surface area contributed by atoms with E-state index in [4.69, 9.17) is 5.11 Å². The van der Waals surface area contributed by atoms with Gasteiger partial charge >= 0.3 is 5.97 Å². The van der Waals surface area contributed by atoms with Gasteiger partial charge in [-0.05, 0) is 6.42 Å². The molecule has 0 aromatic carbocycles. The Bertz CT molecular complexity index is 653. The molecule has 2 heterocycles. The average Bonchev–Trinajstić information content (AvgIpc) is 3.04. The quantitative estimate of drug-likeness (QED) is 0.691. The number of nitrogens with one attached hydrogen (secondary N) is 1. The molecule has 1 aliphatic heterocycles. The highest BCUT2D eigenvalue weighted by Gasteiger charge is 2.31. The summed E-state index contributed by atoms with van der Waals surface area (Å²) < 4.78 is 27.4. The number of carboxylic acid groups (broad SMARTS) is 1. The van der Waals surface area contributed by atoms with Gasteiger partial charge in [-0.3, -0.25) is 9.59 Å². The molecule has 0 spiro atoms. The number of sulfonamides is 1. The zero-order valence-electron chi connectivity index (χ0n) is 11.4. The number of amides is 1. The molecule has 1 amide bonds. The van der Waals surface area contributed by atoms with Crippen molar-refractivity contribution in [2.24, 2.45) is 13.0 Å². The van der Waals surface area contributed by atoms with Crippen LogP contribution in [0.5, 0.6) is 0 Å². The van der Waals surface area contributed by atoms with E-state index in [0.717, 1.165) is 0 Å². The first-order valence-electron chi connectivity index (χ1n) is 6.28. The Kier molecular flexibility index (Phi) is 4.28. The first kappa shape index (κ1) is 15.4. The number of aryl methyl sites for hydroxylation is 1. The fraction of sp³-hybridized carbons (Fsp3) is 0.545. The molecule has 1 atom stereocenters. The lowest BCUT2D eigenvalue weighted by Crippen LogP contribution is -2.39. The first-order chi connectivity index (χ1) is 9.79. The van der Waals surface area contributed by atoms with Gasteiger partial charge in [-0.25, -0.2) is 18.1 Å². The molecular formula is C11H16N4O5S. The van der Waals surface area contributed by atoms with E-state index in [9.17, 15) is 18.0 Å². The Morgan fingerprint density at radius 2 is 2.24 bits per heavy atom. The third kappa shape index (κ3) is 3.58. The predicted octanol–water partition coefficient (Wildman–Crippen LogP) is -1.37. The summed E-state index contributed by atoms with van der Waals surface area (Å²) in [5, 5.41) is 8.70. The number of nitrogens with zero attached hydrogens (tertiary/aromatic N) is 3. The minimum Gasteiger partial charge on any atom is -0.481 e. The van der Waals surface area contributed by atoms with Crippen LogP contribution in [-0.2, 0) is 26.7 Å². The van der Waals surface area contributed by atoms with Gasteiger partial charge in [0.15, 0.2) is 5.03 Å². The summed E-state index contributed by atoms with van der Waals surface area (Å²) in [5.41, 5.74) is 0. The van der Waals surface area contributed by atoms with Crippen molar-refractivity contribution in [1.82, 2.24) is 19.2 Å². The maximum absolute atomic E-state index is 11.9. The topological polar surface area (TPSA) is 122 Å². The highest BCUT2D eigenvalue weighted by Crippen LogP contribution is 2.16. The van der Waals surface area contributed by atoms with Gasteiger partial charge in [0, 0.05) is 26.3 Å². The summed E-state index contributed by atoms with van der Waals surface area (Å²) in [6.45, 7) is 0.0197. The number of imidazole rings is 1. The molecule has 0 saturated carbocycles. The Morgan fingerprint density at radius 3 is 2.76 bits per heavy atom. The Morgan fingerprint density at radius 1 is 1.52 bits per heavy atom. The molecule has 116 valence electrons. The zero-order valence-corrected chi connectivity index (χ0v) is 12.2. The maximum atomic E-state index is 11.9. The number of carboxylic acids is 1. The fourth-order valence-corrected chi connectivity index (χ4v) is 3.01. The minimum atomic E-state index is -3.84. The van der Waals surface area contributed by atoms with Crippen molar-refractivity contribution < 1.29 is 23.1 Å². The van der Waals surface area contributed by atoms with Gasteiger partial charge in [0.2, 0.25) is 5.91 Å². The number of hydrogen-bond donors (Lipinski definition) is 2. The number of aromatic nitrogens is 2. The second kappa shape index (κ2) is 5.82. The zero-order chi connectivity index (χ0) is 15.6. The molecule has 1 aromatic rings. The summed E-state index contributed by atoms with van der Waals surface area (Å²) in [6.07, 6.45) is 3.05. The summed E-state index contributed by atoms with van der Waals surface area (Å²) in [6, 6.07) is 0. The number of aliphatic carboxylic acids is 1. The van der Waals surface area contributed by atoms with Crippen molar-refractivity contribution in [3.8, 4) is 0 Å². The molecule has 21 heavy (non-hydrogen) atoms. The molecule has 1 fully saturated rings. The summed E-state index contributed by atoms with van der Waals surface area (Å²) in [5.74, 6) is -1.97. The molecule has 1 saturated heterocycles. The molecule has 1 aliphatic rings. The van der Waals surface area contributed by atoms with Crippen LogP contribution < -0.4 is 4.72 Å². The van der Waals surface area contributed by atoms with Crippen LogP contribution in [-0.4, -0.2) is 59.5 Å². The molecule has 0 aliphatic carbocycles. The minimum absolute atomic E-state index is 0.111. The summed E-state index contributed by atoms with van der Waals surface area (Å²) in [7, 11) is -2.21. The highest BCUT2D eigenvalue weighted by atomic mass is 32.2. The highest BCUT2D eigenvalue weighted by molar-refractivity contribution is 7.89. The molecule has 1 unspecified atom stereocenters. The molecule has 0 bridgehead atoms. The molecule has 2 rings (SSSR count). The van der Waals surface area contributed by atoms with Crippen molar-refractivity contribution in [2.45, 2.75) is 11.4 Å². The maximum Gasteiger partial charge on any atom is 0.308 e. The number of rotatable bonds is 5. The number of hydrogen-bond acceptors (Lipinski definition) is 5. The van der Waals surface area contributed by atoms with E-state index in [1.807, 2.05) is 0 Å². The van der Waals surface area contributed by atoms with Crippen molar-refractivity contribution in [1.29, 1.82) is 0 Å². The van der Waals surface area contributed by atoms with E-state index in [1.165, 1.54) is 22.0 Å². The SMILES string of the molecule is Cn1cnc(S(=O)(=O)NCC(=O)N2CCC(C(=O)O)C2)c1. The van der Waals surface area contributed by atoms with Crippen LogP contribution >= 0.6 is 0 Å². The van der Waals surface area contributed by atoms with Crippen molar-refractivity contribution in [3.05, 3.63) is 12.5 Å².